The van der Waals surface area contributed by atoms with Crippen molar-refractivity contribution >= 4 is 56.5 Å². The van der Waals surface area contributed by atoms with Crippen molar-refractivity contribution in [2.45, 2.75) is 18.4 Å². The molecule has 0 aliphatic rings. The van der Waals surface area contributed by atoms with Gasteiger partial charge in [0, 0.05) is 16.3 Å². The molecular weight excluding hydrogens is 559 g/mol. The Kier molecular flexibility index (Phi) is 8.60. The minimum absolute atomic E-state index is 0.0139. The molecule has 0 unspecified atom stereocenters. The van der Waals surface area contributed by atoms with Crippen LogP contribution >= 0.6 is 23.2 Å². The fourth-order valence-corrected chi connectivity index (χ4v) is 5.76. The van der Waals surface area contributed by atoms with Crippen molar-refractivity contribution in [2.75, 3.05) is 16.7 Å². The number of benzene rings is 4. The zero-order chi connectivity index (χ0) is 28.2. The standard InChI is InChI=1S/C29H24Cl2N2O5S/c1-19-8-13-22(30)16-27(19)33(39(36,37)24-6-4-3-5-7-24)18-20-9-11-21(12-10-20)28(34)32-23-14-15-26(31)25(17-23)29(35)38-2/h3-17H,18H2,1-2H3,(H,32,34). The third-order valence-electron chi connectivity index (χ3n) is 5.94. The van der Waals surface area contributed by atoms with Gasteiger partial charge >= 0.3 is 5.97 Å². The first-order valence-corrected chi connectivity index (χ1v) is 13.9. The van der Waals surface area contributed by atoms with Crippen molar-refractivity contribution in [3.05, 3.63) is 123 Å². The van der Waals surface area contributed by atoms with E-state index in [1.165, 1.54) is 35.7 Å². The van der Waals surface area contributed by atoms with Crippen LogP contribution in [0.1, 0.15) is 31.8 Å². The maximum absolute atomic E-state index is 13.7. The zero-order valence-corrected chi connectivity index (χ0v) is 23.3. The Bertz CT molecular complexity index is 1630. The SMILES string of the molecule is COC(=O)c1cc(NC(=O)c2ccc(CN(c3cc(Cl)ccc3C)S(=O)(=O)c3ccccc3)cc2)ccc1Cl. The molecule has 1 N–H and O–H groups in total. The Morgan fingerprint density at radius 3 is 2.26 bits per heavy atom. The van der Waals surface area contributed by atoms with E-state index in [9.17, 15) is 18.0 Å². The molecule has 0 radical (unpaired) electrons. The van der Waals surface area contributed by atoms with Gasteiger partial charge in [-0.15, -0.1) is 0 Å². The molecule has 4 aromatic rings. The molecule has 0 bridgehead atoms. The molecule has 0 aromatic heterocycles. The normalized spacial score (nSPS) is 11.1. The predicted octanol–water partition coefficient (Wildman–Crippen LogP) is 6.74. The van der Waals surface area contributed by atoms with E-state index in [2.05, 4.69) is 5.32 Å². The highest BCUT2D eigenvalue weighted by Gasteiger charge is 2.26. The molecule has 0 saturated carbocycles. The molecule has 1 amide bonds. The number of hydrogen-bond acceptors (Lipinski definition) is 5. The Morgan fingerprint density at radius 1 is 0.897 bits per heavy atom. The van der Waals surface area contributed by atoms with E-state index in [4.69, 9.17) is 27.9 Å². The maximum atomic E-state index is 13.7. The number of nitrogens with one attached hydrogen (secondary N) is 1. The second kappa shape index (κ2) is 11.9. The lowest BCUT2D eigenvalue weighted by atomic mass is 10.1. The molecular formula is C29H24Cl2N2O5S. The molecule has 0 aliphatic carbocycles. The lowest BCUT2D eigenvalue weighted by Crippen LogP contribution is -2.31. The van der Waals surface area contributed by atoms with Crippen LogP contribution in [0.2, 0.25) is 10.0 Å². The minimum atomic E-state index is -3.93. The van der Waals surface area contributed by atoms with Gasteiger partial charge < -0.3 is 10.1 Å². The van der Waals surface area contributed by atoms with E-state index in [1.54, 1.807) is 66.7 Å². The summed E-state index contributed by atoms with van der Waals surface area (Å²) in [5, 5.41) is 3.34. The average Bonchev–Trinajstić information content (AvgIpc) is 2.94. The molecule has 0 fully saturated rings. The van der Waals surface area contributed by atoms with Crippen molar-refractivity contribution in [1.29, 1.82) is 0 Å². The van der Waals surface area contributed by atoms with Gasteiger partial charge in [-0.3, -0.25) is 9.10 Å². The number of esters is 1. The number of carbonyl (C=O) groups excluding carboxylic acids is 2. The van der Waals surface area contributed by atoms with Crippen LogP contribution in [-0.4, -0.2) is 27.4 Å². The van der Waals surface area contributed by atoms with Gasteiger partial charge in [-0.1, -0.05) is 59.6 Å². The highest BCUT2D eigenvalue weighted by molar-refractivity contribution is 7.92. The first-order valence-electron chi connectivity index (χ1n) is 11.7. The second-order valence-electron chi connectivity index (χ2n) is 8.59. The minimum Gasteiger partial charge on any atom is -0.465 e. The summed E-state index contributed by atoms with van der Waals surface area (Å²) in [4.78, 5) is 24.9. The molecule has 39 heavy (non-hydrogen) atoms. The number of hydrogen-bond donors (Lipinski definition) is 1. The summed E-state index contributed by atoms with van der Waals surface area (Å²) in [7, 11) is -2.69. The van der Waals surface area contributed by atoms with Crippen LogP contribution in [0.3, 0.4) is 0 Å². The molecule has 10 heteroatoms. The van der Waals surface area contributed by atoms with Crippen molar-refractivity contribution in [3.8, 4) is 0 Å². The number of rotatable bonds is 8. The summed E-state index contributed by atoms with van der Waals surface area (Å²) >= 11 is 12.3. The Hall–Kier alpha value is -3.85. The number of amides is 1. The molecule has 0 atom stereocenters. The number of nitrogens with zero attached hydrogens (tertiary/aromatic N) is 1. The first-order chi connectivity index (χ1) is 18.6. The molecule has 200 valence electrons. The monoisotopic (exact) mass is 582 g/mol. The number of ether oxygens (including phenoxy) is 1. The molecule has 0 saturated heterocycles. The van der Waals surface area contributed by atoms with Crippen molar-refractivity contribution in [2.24, 2.45) is 0 Å². The summed E-state index contributed by atoms with van der Waals surface area (Å²) in [5.74, 6) is -1.04. The van der Waals surface area contributed by atoms with Crippen LogP contribution in [0.5, 0.6) is 0 Å². The van der Waals surface area contributed by atoms with Gasteiger partial charge in [0.2, 0.25) is 0 Å². The average molecular weight is 583 g/mol. The number of sulfonamides is 1. The lowest BCUT2D eigenvalue weighted by Gasteiger charge is -2.26. The van der Waals surface area contributed by atoms with Crippen LogP contribution in [0, 0.1) is 6.92 Å². The number of halogens is 2. The van der Waals surface area contributed by atoms with E-state index >= 15 is 0 Å². The summed E-state index contributed by atoms with van der Waals surface area (Å²) in [6.07, 6.45) is 0. The smallest absolute Gasteiger partial charge is 0.339 e. The molecule has 0 heterocycles. The maximum Gasteiger partial charge on any atom is 0.339 e. The van der Waals surface area contributed by atoms with Gasteiger partial charge in [0.15, 0.2) is 0 Å². The second-order valence-corrected chi connectivity index (χ2v) is 11.3. The predicted molar refractivity (Wildman–Crippen MR) is 153 cm³/mol. The first kappa shape index (κ1) is 28.2. The number of carbonyl (C=O) groups is 2. The summed E-state index contributed by atoms with van der Waals surface area (Å²) in [5.41, 5.74) is 2.69. The van der Waals surface area contributed by atoms with Crippen molar-refractivity contribution < 1.29 is 22.7 Å². The van der Waals surface area contributed by atoms with E-state index in [-0.39, 0.29) is 22.0 Å². The van der Waals surface area contributed by atoms with Crippen LogP contribution < -0.4 is 9.62 Å². The molecule has 0 spiro atoms. The quantitative estimate of drug-likeness (QED) is 0.232. The fourth-order valence-electron chi connectivity index (χ4n) is 3.87. The Morgan fingerprint density at radius 2 is 1.59 bits per heavy atom. The Balaban J connectivity index is 1.60. The van der Waals surface area contributed by atoms with E-state index in [1.807, 2.05) is 6.92 Å². The highest BCUT2D eigenvalue weighted by atomic mass is 35.5. The van der Waals surface area contributed by atoms with E-state index in [0.717, 1.165) is 5.56 Å². The largest absolute Gasteiger partial charge is 0.465 e. The van der Waals surface area contributed by atoms with Crippen LogP contribution in [-0.2, 0) is 21.3 Å². The zero-order valence-electron chi connectivity index (χ0n) is 21.0. The topological polar surface area (TPSA) is 92.8 Å². The number of methoxy groups -OCH3 is 1. The molecule has 7 nitrogen and oxygen atoms in total. The summed E-state index contributed by atoms with van der Waals surface area (Å²) in [6.45, 7) is 1.83. The fraction of sp³-hybridized carbons (Fsp3) is 0.103. The van der Waals surface area contributed by atoms with Gasteiger partial charge in [0.1, 0.15) is 0 Å². The summed E-state index contributed by atoms with van der Waals surface area (Å²) in [6, 6.07) is 24.3. The van der Waals surface area contributed by atoms with Crippen LogP contribution in [0.15, 0.2) is 95.9 Å². The third-order valence-corrected chi connectivity index (χ3v) is 8.28. The molecule has 4 rings (SSSR count). The summed E-state index contributed by atoms with van der Waals surface area (Å²) < 4.78 is 33.4. The number of anilines is 2. The third kappa shape index (κ3) is 6.42. The van der Waals surface area contributed by atoms with Gasteiger partial charge in [-0.05, 0) is 72.6 Å². The van der Waals surface area contributed by atoms with Crippen molar-refractivity contribution in [1.82, 2.24) is 0 Å². The molecule has 4 aromatic carbocycles. The van der Waals surface area contributed by atoms with Gasteiger partial charge in [0.05, 0.1) is 34.8 Å². The lowest BCUT2D eigenvalue weighted by molar-refractivity contribution is 0.0600. The highest BCUT2D eigenvalue weighted by Crippen LogP contribution is 2.31. The molecule has 0 aliphatic heterocycles. The van der Waals surface area contributed by atoms with Gasteiger partial charge in [0.25, 0.3) is 15.9 Å². The van der Waals surface area contributed by atoms with Crippen LogP contribution in [0.25, 0.3) is 0 Å². The van der Waals surface area contributed by atoms with E-state index < -0.39 is 21.9 Å². The van der Waals surface area contributed by atoms with Crippen molar-refractivity contribution in [3.63, 3.8) is 0 Å². The van der Waals surface area contributed by atoms with Gasteiger partial charge in [-0.25, -0.2) is 13.2 Å². The van der Waals surface area contributed by atoms with Crippen LogP contribution in [0.4, 0.5) is 11.4 Å². The van der Waals surface area contributed by atoms with Gasteiger partial charge in [-0.2, -0.15) is 0 Å². The number of aryl methyl sites for hydroxylation is 1. The Labute approximate surface area is 237 Å². The van der Waals surface area contributed by atoms with E-state index in [0.29, 0.717) is 27.5 Å².